The van der Waals surface area contributed by atoms with E-state index in [0.29, 0.717) is 29.4 Å². The van der Waals surface area contributed by atoms with Crippen LogP contribution in [0.2, 0.25) is 0 Å². The molecule has 0 aliphatic carbocycles. The van der Waals surface area contributed by atoms with Crippen molar-refractivity contribution in [2.45, 2.75) is 0 Å². The molecule has 142 valence electrons. The zero-order valence-electron chi connectivity index (χ0n) is 16.2. The van der Waals surface area contributed by atoms with Gasteiger partial charge in [-0.2, -0.15) is 0 Å². The molecular weight excluding hydrogens is 342 g/mol. The minimum absolute atomic E-state index is 0.156. The number of amides is 1. The predicted octanol–water partition coefficient (Wildman–Crippen LogP) is 3.38. The van der Waals surface area contributed by atoms with Crippen molar-refractivity contribution in [3.05, 3.63) is 54.2 Å². The van der Waals surface area contributed by atoms with E-state index >= 15 is 0 Å². The third-order valence-electron chi connectivity index (χ3n) is 4.39. The van der Waals surface area contributed by atoms with Crippen LogP contribution in [-0.4, -0.2) is 49.7 Å². The number of fused-ring (bicyclic) bond motifs is 1. The number of anilines is 1. The molecule has 0 aliphatic heterocycles. The quantitative estimate of drug-likeness (QED) is 0.696. The highest BCUT2D eigenvalue weighted by Crippen LogP contribution is 2.30. The number of nitrogens with zero attached hydrogens (tertiary/aromatic N) is 2. The second-order valence-corrected chi connectivity index (χ2v) is 6.64. The van der Waals surface area contributed by atoms with Gasteiger partial charge in [-0.15, -0.1) is 0 Å². The molecule has 2 aromatic carbocycles. The van der Waals surface area contributed by atoms with Gasteiger partial charge in [0, 0.05) is 48.0 Å². The summed E-state index contributed by atoms with van der Waals surface area (Å²) in [7, 11) is 7.54. The molecule has 0 atom stereocenters. The second kappa shape index (κ2) is 8.14. The third-order valence-corrected chi connectivity index (χ3v) is 4.39. The smallest absolute Gasteiger partial charge is 0.256 e. The fourth-order valence-electron chi connectivity index (χ4n) is 2.90. The number of carbonyl (C=O) groups excluding carboxylic acids is 1. The van der Waals surface area contributed by atoms with Crippen LogP contribution >= 0.6 is 0 Å². The maximum absolute atomic E-state index is 12.8. The Hall–Kier alpha value is -2.99. The van der Waals surface area contributed by atoms with Crippen molar-refractivity contribution >= 4 is 22.5 Å². The Morgan fingerprint density at radius 2 is 1.96 bits per heavy atom. The maximum atomic E-state index is 12.8. The molecule has 27 heavy (non-hydrogen) atoms. The van der Waals surface area contributed by atoms with E-state index in [2.05, 4.69) is 5.32 Å². The lowest BCUT2D eigenvalue weighted by Crippen LogP contribution is -2.19. The molecule has 6 heteroatoms. The summed E-state index contributed by atoms with van der Waals surface area (Å²) in [6.45, 7) is 1.32. The molecule has 1 N–H and O–H groups in total. The van der Waals surface area contributed by atoms with E-state index in [1.807, 2.05) is 61.1 Å². The summed E-state index contributed by atoms with van der Waals surface area (Å²) >= 11 is 0. The molecule has 0 bridgehead atoms. The zero-order valence-corrected chi connectivity index (χ0v) is 16.2. The Morgan fingerprint density at radius 3 is 2.70 bits per heavy atom. The third kappa shape index (κ3) is 4.23. The predicted molar refractivity (Wildman–Crippen MR) is 108 cm³/mol. The van der Waals surface area contributed by atoms with E-state index in [9.17, 15) is 4.79 Å². The van der Waals surface area contributed by atoms with Crippen LogP contribution in [0.1, 0.15) is 10.4 Å². The van der Waals surface area contributed by atoms with Gasteiger partial charge in [0.25, 0.3) is 5.91 Å². The zero-order chi connectivity index (χ0) is 19.4. The summed E-state index contributed by atoms with van der Waals surface area (Å²) < 4.78 is 13.2. The minimum Gasteiger partial charge on any atom is -0.493 e. The average molecular weight is 367 g/mol. The molecule has 0 aliphatic rings. The SMILES string of the molecule is COc1ccc(NC(=O)c2cccc3c2ccn3C)cc1OCCN(C)C. The van der Waals surface area contributed by atoms with Crippen LogP contribution in [0.5, 0.6) is 11.5 Å². The number of aromatic nitrogens is 1. The highest BCUT2D eigenvalue weighted by Gasteiger charge is 2.13. The van der Waals surface area contributed by atoms with Crippen molar-refractivity contribution in [2.24, 2.45) is 7.05 Å². The molecule has 1 aromatic heterocycles. The van der Waals surface area contributed by atoms with Gasteiger partial charge in [0.05, 0.1) is 7.11 Å². The van der Waals surface area contributed by atoms with Crippen LogP contribution < -0.4 is 14.8 Å². The van der Waals surface area contributed by atoms with Gasteiger partial charge in [-0.1, -0.05) is 6.07 Å². The normalized spacial score (nSPS) is 11.0. The molecule has 0 fully saturated rings. The summed E-state index contributed by atoms with van der Waals surface area (Å²) in [5.41, 5.74) is 2.32. The average Bonchev–Trinajstić information content (AvgIpc) is 3.03. The summed E-state index contributed by atoms with van der Waals surface area (Å²) in [4.78, 5) is 14.8. The van der Waals surface area contributed by atoms with Gasteiger partial charge >= 0.3 is 0 Å². The number of aryl methyl sites for hydroxylation is 1. The van der Waals surface area contributed by atoms with Gasteiger partial charge in [-0.3, -0.25) is 4.79 Å². The van der Waals surface area contributed by atoms with Crippen LogP contribution in [0, 0.1) is 0 Å². The molecule has 3 rings (SSSR count). The second-order valence-electron chi connectivity index (χ2n) is 6.64. The van der Waals surface area contributed by atoms with Crippen molar-refractivity contribution in [3.63, 3.8) is 0 Å². The van der Waals surface area contributed by atoms with Gasteiger partial charge in [0.2, 0.25) is 0 Å². The fourth-order valence-corrected chi connectivity index (χ4v) is 2.90. The minimum atomic E-state index is -0.156. The lowest BCUT2D eigenvalue weighted by atomic mass is 10.1. The molecule has 0 unspecified atom stereocenters. The largest absolute Gasteiger partial charge is 0.493 e. The van der Waals surface area contributed by atoms with Crippen LogP contribution in [0.15, 0.2) is 48.7 Å². The molecular formula is C21H25N3O3. The lowest BCUT2D eigenvalue weighted by molar-refractivity contribution is 0.102. The van der Waals surface area contributed by atoms with E-state index in [4.69, 9.17) is 9.47 Å². The fraction of sp³-hybridized carbons (Fsp3) is 0.286. The summed E-state index contributed by atoms with van der Waals surface area (Å²) in [6.07, 6.45) is 1.95. The Bertz CT molecular complexity index is 947. The van der Waals surface area contributed by atoms with Crippen molar-refractivity contribution in [3.8, 4) is 11.5 Å². The molecule has 1 heterocycles. The van der Waals surface area contributed by atoms with Crippen molar-refractivity contribution < 1.29 is 14.3 Å². The van der Waals surface area contributed by atoms with Gasteiger partial charge < -0.3 is 24.3 Å². The number of carbonyl (C=O) groups is 1. The Labute approximate surface area is 159 Å². The van der Waals surface area contributed by atoms with Gasteiger partial charge in [0.1, 0.15) is 6.61 Å². The molecule has 6 nitrogen and oxygen atoms in total. The number of hydrogen-bond acceptors (Lipinski definition) is 4. The van der Waals surface area contributed by atoms with Gasteiger partial charge in [-0.05, 0) is 44.4 Å². The number of likely N-dealkylation sites (N-methyl/N-ethyl adjacent to an activating group) is 1. The molecule has 0 saturated heterocycles. The monoisotopic (exact) mass is 367 g/mol. The van der Waals surface area contributed by atoms with Crippen molar-refractivity contribution in [1.82, 2.24) is 9.47 Å². The molecule has 0 spiro atoms. The van der Waals surface area contributed by atoms with E-state index in [1.165, 1.54) is 0 Å². The summed E-state index contributed by atoms with van der Waals surface area (Å²) in [5.74, 6) is 1.09. The number of nitrogens with one attached hydrogen (secondary N) is 1. The van der Waals surface area contributed by atoms with E-state index in [1.54, 1.807) is 25.3 Å². The van der Waals surface area contributed by atoms with Crippen LogP contribution in [-0.2, 0) is 7.05 Å². The number of ether oxygens (including phenoxy) is 2. The van der Waals surface area contributed by atoms with Gasteiger partial charge in [0.15, 0.2) is 11.5 Å². The van der Waals surface area contributed by atoms with Crippen LogP contribution in [0.4, 0.5) is 5.69 Å². The number of methoxy groups -OCH3 is 1. The number of benzene rings is 2. The first-order chi connectivity index (χ1) is 13.0. The Balaban J connectivity index is 1.80. The first-order valence-corrected chi connectivity index (χ1v) is 8.80. The standard InChI is InChI=1S/C21H25N3O3/c1-23(2)12-13-27-20-14-15(8-9-19(20)26-4)22-21(25)17-6-5-7-18-16(17)10-11-24(18)3/h5-11,14H,12-13H2,1-4H3,(H,22,25). The molecule has 1 amide bonds. The maximum Gasteiger partial charge on any atom is 0.256 e. The highest BCUT2D eigenvalue weighted by molar-refractivity contribution is 6.12. The Morgan fingerprint density at radius 1 is 1.15 bits per heavy atom. The molecule has 0 saturated carbocycles. The highest BCUT2D eigenvalue weighted by atomic mass is 16.5. The van der Waals surface area contributed by atoms with Crippen LogP contribution in [0.25, 0.3) is 10.9 Å². The topological polar surface area (TPSA) is 55.7 Å². The number of hydrogen-bond donors (Lipinski definition) is 1. The van der Waals surface area contributed by atoms with E-state index in [-0.39, 0.29) is 5.91 Å². The molecule has 0 radical (unpaired) electrons. The van der Waals surface area contributed by atoms with Gasteiger partial charge in [-0.25, -0.2) is 0 Å². The summed E-state index contributed by atoms with van der Waals surface area (Å²) in [6, 6.07) is 13.1. The first-order valence-electron chi connectivity index (χ1n) is 8.80. The van der Waals surface area contributed by atoms with E-state index < -0.39 is 0 Å². The van der Waals surface area contributed by atoms with E-state index in [0.717, 1.165) is 17.4 Å². The van der Waals surface area contributed by atoms with Crippen molar-refractivity contribution in [2.75, 3.05) is 39.7 Å². The summed E-state index contributed by atoms with van der Waals surface area (Å²) in [5, 5.41) is 3.88. The lowest BCUT2D eigenvalue weighted by Gasteiger charge is -2.15. The van der Waals surface area contributed by atoms with Crippen LogP contribution in [0.3, 0.4) is 0 Å². The molecule has 3 aromatic rings. The van der Waals surface area contributed by atoms with Crippen molar-refractivity contribution in [1.29, 1.82) is 0 Å². The first kappa shape index (κ1) is 18.8. The Kier molecular flexibility index (Phi) is 5.66. The number of rotatable bonds is 7.